The van der Waals surface area contributed by atoms with E-state index in [-0.39, 0.29) is 12.5 Å². The highest BCUT2D eigenvalue weighted by molar-refractivity contribution is 5.84. The minimum atomic E-state index is -0.145. The molecule has 0 aliphatic rings. The van der Waals surface area contributed by atoms with Crippen molar-refractivity contribution in [1.29, 1.82) is 0 Å². The van der Waals surface area contributed by atoms with Gasteiger partial charge in [0.05, 0.1) is 20.8 Å². The zero-order chi connectivity index (χ0) is 19.4. The molecule has 0 aliphatic carbocycles. The van der Waals surface area contributed by atoms with E-state index in [2.05, 4.69) is 15.6 Å². The highest BCUT2D eigenvalue weighted by Crippen LogP contribution is 2.25. The Kier molecular flexibility index (Phi) is 9.93. The number of methoxy groups -OCH3 is 3. The van der Waals surface area contributed by atoms with Crippen LogP contribution < -0.4 is 20.1 Å². The Morgan fingerprint density at radius 3 is 2.58 bits per heavy atom. The third-order valence-electron chi connectivity index (χ3n) is 3.60. The first-order valence-electron chi connectivity index (χ1n) is 8.51. The molecule has 0 atom stereocenters. The molecule has 0 saturated heterocycles. The highest BCUT2D eigenvalue weighted by atomic mass is 16.5. The van der Waals surface area contributed by atoms with Crippen molar-refractivity contribution in [2.75, 3.05) is 54.6 Å². The van der Waals surface area contributed by atoms with Crippen molar-refractivity contribution in [2.24, 2.45) is 4.99 Å². The number of carbonyl (C=O) groups excluding carboxylic acids is 1. The molecule has 8 nitrogen and oxygen atoms in total. The van der Waals surface area contributed by atoms with E-state index in [1.165, 1.54) is 0 Å². The summed E-state index contributed by atoms with van der Waals surface area (Å²) in [7, 11) is 6.75. The molecule has 1 amide bonds. The van der Waals surface area contributed by atoms with E-state index in [0.29, 0.717) is 32.2 Å². The van der Waals surface area contributed by atoms with Gasteiger partial charge in [-0.05, 0) is 19.1 Å². The number of hydrogen-bond donors (Lipinski definition) is 2. The summed E-state index contributed by atoms with van der Waals surface area (Å²) in [6, 6.07) is 5.69. The van der Waals surface area contributed by atoms with E-state index in [1.807, 2.05) is 37.1 Å². The molecular weight excluding hydrogens is 336 g/mol. The van der Waals surface area contributed by atoms with Crippen LogP contribution in [0, 0.1) is 0 Å². The van der Waals surface area contributed by atoms with Crippen molar-refractivity contribution >= 4 is 11.9 Å². The average Bonchev–Trinajstić information content (AvgIpc) is 2.65. The van der Waals surface area contributed by atoms with E-state index in [1.54, 1.807) is 21.3 Å². The third kappa shape index (κ3) is 7.18. The number of aliphatic imine (C=N–C) groups is 1. The van der Waals surface area contributed by atoms with E-state index in [9.17, 15) is 4.79 Å². The largest absolute Gasteiger partial charge is 0.497 e. The first kappa shape index (κ1) is 21.6. The van der Waals surface area contributed by atoms with Crippen molar-refractivity contribution in [2.45, 2.75) is 13.5 Å². The van der Waals surface area contributed by atoms with Gasteiger partial charge in [-0.2, -0.15) is 0 Å². The maximum absolute atomic E-state index is 11.8. The zero-order valence-corrected chi connectivity index (χ0v) is 16.3. The van der Waals surface area contributed by atoms with Gasteiger partial charge < -0.3 is 29.7 Å². The molecule has 1 rings (SSSR count). The normalized spacial score (nSPS) is 11.0. The molecule has 8 heteroatoms. The Morgan fingerprint density at radius 1 is 1.19 bits per heavy atom. The van der Waals surface area contributed by atoms with Crippen molar-refractivity contribution in [3.05, 3.63) is 23.8 Å². The second-order valence-electron chi connectivity index (χ2n) is 5.55. The number of nitrogens with one attached hydrogen (secondary N) is 2. The monoisotopic (exact) mass is 366 g/mol. The van der Waals surface area contributed by atoms with E-state index in [0.717, 1.165) is 17.1 Å². The summed E-state index contributed by atoms with van der Waals surface area (Å²) in [5.41, 5.74) is 0.992. The molecule has 0 bridgehead atoms. The second-order valence-corrected chi connectivity index (χ2v) is 5.55. The van der Waals surface area contributed by atoms with Crippen LogP contribution in [0.4, 0.5) is 0 Å². The molecule has 26 heavy (non-hydrogen) atoms. The van der Waals surface area contributed by atoms with Crippen LogP contribution in [0.3, 0.4) is 0 Å². The number of benzene rings is 1. The smallest absolute Gasteiger partial charge is 0.241 e. The molecule has 0 heterocycles. The number of ether oxygens (including phenoxy) is 3. The number of guanidine groups is 1. The summed E-state index contributed by atoms with van der Waals surface area (Å²) in [4.78, 5) is 18.2. The van der Waals surface area contributed by atoms with Crippen molar-refractivity contribution < 1.29 is 19.0 Å². The Hall–Kier alpha value is -2.48. The highest BCUT2D eigenvalue weighted by Gasteiger charge is 2.12. The predicted molar refractivity (Wildman–Crippen MR) is 102 cm³/mol. The first-order chi connectivity index (χ1) is 12.5. The predicted octanol–water partition coefficient (Wildman–Crippen LogP) is 0.864. The SMILES string of the molecule is CCNC(=NCC(=O)NCCOC)N(C)Cc1ccc(OC)cc1OC. The Morgan fingerprint density at radius 2 is 1.96 bits per heavy atom. The van der Waals surface area contributed by atoms with Crippen LogP contribution in [0.2, 0.25) is 0 Å². The molecule has 2 N–H and O–H groups in total. The van der Waals surface area contributed by atoms with Gasteiger partial charge in [0.25, 0.3) is 0 Å². The van der Waals surface area contributed by atoms with Crippen LogP contribution in [0.1, 0.15) is 12.5 Å². The lowest BCUT2D eigenvalue weighted by Gasteiger charge is -2.23. The van der Waals surface area contributed by atoms with Gasteiger partial charge in [-0.1, -0.05) is 0 Å². The van der Waals surface area contributed by atoms with Gasteiger partial charge in [-0.15, -0.1) is 0 Å². The van der Waals surface area contributed by atoms with Gasteiger partial charge in [-0.3, -0.25) is 4.79 Å². The molecule has 0 radical (unpaired) electrons. The fourth-order valence-corrected chi connectivity index (χ4v) is 2.28. The lowest BCUT2D eigenvalue weighted by Crippen LogP contribution is -2.39. The summed E-state index contributed by atoms with van der Waals surface area (Å²) < 4.78 is 15.6. The number of nitrogens with zero attached hydrogens (tertiary/aromatic N) is 2. The van der Waals surface area contributed by atoms with Gasteiger partial charge >= 0.3 is 0 Å². The summed E-state index contributed by atoms with van der Waals surface area (Å²) in [5, 5.41) is 5.94. The van der Waals surface area contributed by atoms with Gasteiger partial charge in [-0.25, -0.2) is 4.99 Å². The van der Waals surface area contributed by atoms with Gasteiger partial charge in [0.15, 0.2) is 5.96 Å². The maximum Gasteiger partial charge on any atom is 0.241 e. The molecule has 0 fully saturated rings. The fraction of sp³-hybridized carbons (Fsp3) is 0.556. The molecule has 0 unspecified atom stereocenters. The van der Waals surface area contributed by atoms with Crippen LogP contribution in [0.25, 0.3) is 0 Å². The summed E-state index contributed by atoms with van der Waals surface area (Å²) in [6.45, 7) is 4.26. The van der Waals surface area contributed by atoms with Crippen LogP contribution >= 0.6 is 0 Å². The minimum Gasteiger partial charge on any atom is -0.497 e. The molecule has 1 aromatic rings. The molecule has 1 aromatic carbocycles. The molecular formula is C18H30N4O4. The molecule has 146 valence electrons. The average molecular weight is 366 g/mol. The first-order valence-corrected chi connectivity index (χ1v) is 8.51. The Bertz CT molecular complexity index is 593. The number of rotatable bonds is 10. The summed E-state index contributed by atoms with van der Waals surface area (Å²) in [6.07, 6.45) is 0. The van der Waals surface area contributed by atoms with Crippen LogP contribution in [-0.2, 0) is 16.1 Å². The van der Waals surface area contributed by atoms with E-state index in [4.69, 9.17) is 14.2 Å². The third-order valence-corrected chi connectivity index (χ3v) is 3.60. The molecule has 0 spiro atoms. The lowest BCUT2D eigenvalue weighted by molar-refractivity contribution is -0.119. The number of hydrogen-bond acceptors (Lipinski definition) is 5. The van der Waals surface area contributed by atoms with Crippen LogP contribution in [0.5, 0.6) is 11.5 Å². The van der Waals surface area contributed by atoms with Crippen molar-refractivity contribution in [3.63, 3.8) is 0 Å². The summed E-state index contributed by atoms with van der Waals surface area (Å²) >= 11 is 0. The van der Waals surface area contributed by atoms with Gasteiger partial charge in [0, 0.05) is 45.4 Å². The minimum absolute atomic E-state index is 0.0517. The molecule has 0 aliphatic heterocycles. The van der Waals surface area contributed by atoms with Crippen LogP contribution in [-0.4, -0.2) is 71.4 Å². The van der Waals surface area contributed by atoms with Crippen LogP contribution in [0.15, 0.2) is 23.2 Å². The molecule has 0 saturated carbocycles. The fourth-order valence-electron chi connectivity index (χ4n) is 2.28. The number of carbonyl (C=O) groups is 1. The van der Waals surface area contributed by atoms with E-state index < -0.39 is 0 Å². The zero-order valence-electron chi connectivity index (χ0n) is 16.3. The maximum atomic E-state index is 11.8. The van der Waals surface area contributed by atoms with Crippen molar-refractivity contribution in [3.8, 4) is 11.5 Å². The Labute approximate surface area is 155 Å². The molecule has 0 aromatic heterocycles. The van der Waals surface area contributed by atoms with Crippen molar-refractivity contribution in [1.82, 2.24) is 15.5 Å². The number of amides is 1. The quantitative estimate of drug-likeness (QED) is 0.363. The second kappa shape index (κ2) is 12.0. The van der Waals surface area contributed by atoms with Gasteiger partial charge in [0.2, 0.25) is 5.91 Å². The topological polar surface area (TPSA) is 84.4 Å². The van der Waals surface area contributed by atoms with E-state index >= 15 is 0 Å². The standard InChI is InChI=1S/C18H30N4O4/c1-6-19-18(21-12-17(23)20-9-10-24-3)22(2)13-14-7-8-15(25-4)11-16(14)26-5/h7-8,11H,6,9-10,12-13H2,1-5H3,(H,19,21)(H,20,23). The van der Waals surface area contributed by atoms with Gasteiger partial charge in [0.1, 0.15) is 18.0 Å². The lowest BCUT2D eigenvalue weighted by atomic mass is 10.2. The summed E-state index contributed by atoms with van der Waals surface area (Å²) in [5.74, 6) is 1.98. The Balaban J connectivity index is 2.77.